The number of aryl methyl sites for hydroxylation is 1. The van der Waals surface area contributed by atoms with E-state index in [4.69, 9.17) is 0 Å². The van der Waals surface area contributed by atoms with Crippen LogP contribution in [0.2, 0.25) is 0 Å². The zero-order chi connectivity index (χ0) is 24.5. The van der Waals surface area contributed by atoms with Crippen molar-refractivity contribution in [2.24, 2.45) is 0 Å². The average Bonchev–Trinajstić information content (AvgIpc) is 3.24. The first-order chi connectivity index (χ1) is 16.2. The summed E-state index contributed by atoms with van der Waals surface area (Å²) in [5.41, 5.74) is 2.02. The van der Waals surface area contributed by atoms with Crippen molar-refractivity contribution in [2.75, 3.05) is 26.2 Å². The molecular formula is C25H25F3N4O2. The molecule has 1 fully saturated rings. The molecule has 0 aliphatic carbocycles. The van der Waals surface area contributed by atoms with Crippen LogP contribution in [-0.2, 0) is 12.6 Å². The third-order valence-electron chi connectivity index (χ3n) is 6.12. The summed E-state index contributed by atoms with van der Waals surface area (Å²) < 4.78 is 40.6. The van der Waals surface area contributed by atoms with Crippen LogP contribution in [0.15, 0.2) is 54.7 Å². The fraction of sp³-hybridized carbons (Fsp3) is 0.320. The Labute approximate surface area is 195 Å². The highest BCUT2D eigenvalue weighted by Crippen LogP contribution is 2.30. The molecule has 1 aliphatic rings. The Hall–Kier alpha value is -3.62. The first-order valence-electron chi connectivity index (χ1n) is 11.1. The largest absolute Gasteiger partial charge is 0.416 e. The van der Waals surface area contributed by atoms with Gasteiger partial charge in [0.05, 0.1) is 28.7 Å². The summed E-state index contributed by atoms with van der Waals surface area (Å²) in [6.07, 6.45) is -2.19. The lowest BCUT2D eigenvalue weighted by Crippen LogP contribution is -2.50. The predicted molar refractivity (Wildman–Crippen MR) is 121 cm³/mol. The van der Waals surface area contributed by atoms with Crippen LogP contribution in [0, 0.1) is 6.92 Å². The lowest BCUT2D eigenvalue weighted by atomic mass is 10.1. The Morgan fingerprint density at radius 2 is 1.56 bits per heavy atom. The number of nitrogens with zero attached hydrogens (tertiary/aromatic N) is 4. The van der Waals surface area contributed by atoms with Crippen LogP contribution in [0.25, 0.3) is 5.69 Å². The summed E-state index contributed by atoms with van der Waals surface area (Å²) in [6.45, 7) is 5.25. The highest BCUT2D eigenvalue weighted by molar-refractivity contribution is 5.96. The number of carbonyl (C=O) groups is 2. The van der Waals surface area contributed by atoms with Crippen LogP contribution in [0.1, 0.15) is 44.5 Å². The summed E-state index contributed by atoms with van der Waals surface area (Å²) in [5.74, 6) is -0.321. The van der Waals surface area contributed by atoms with E-state index in [1.165, 1.54) is 23.0 Å². The van der Waals surface area contributed by atoms with Gasteiger partial charge in [0.1, 0.15) is 0 Å². The molecule has 34 heavy (non-hydrogen) atoms. The molecule has 0 bridgehead atoms. The SMILES string of the molecule is CCc1ccc(C(=O)N2CCN(C(=O)c3cnn(-c4cccc(C(F)(F)F)c4)c3C)CC2)cc1. The molecule has 9 heteroatoms. The van der Waals surface area contributed by atoms with Gasteiger partial charge in [0, 0.05) is 31.7 Å². The molecule has 178 valence electrons. The molecule has 2 amide bonds. The Bertz CT molecular complexity index is 1190. The van der Waals surface area contributed by atoms with Gasteiger partial charge in [0.2, 0.25) is 0 Å². The zero-order valence-electron chi connectivity index (χ0n) is 19.0. The van der Waals surface area contributed by atoms with Crippen molar-refractivity contribution < 1.29 is 22.8 Å². The van der Waals surface area contributed by atoms with Gasteiger partial charge in [-0.1, -0.05) is 25.1 Å². The maximum Gasteiger partial charge on any atom is 0.416 e. The summed E-state index contributed by atoms with van der Waals surface area (Å²) in [5, 5.41) is 4.16. The number of rotatable bonds is 4. The maximum absolute atomic E-state index is 13.1. The van der Waals surface area contributed by atoms with E-state index in [2.05, 4.69) is 12.0 Å². The molecule has 0 radical (unpaired) electrons. The summed E-state index contributed by atoms with van der Waals surface area (Å²) >= 11 is 0. The topological polar surface area (TPSA) is 58.4 Å². The second kappa shape index (κ2) is 9.32. The second-order valence-electron chi connectivity index (χ2n) is 8.24. The normalized spacial score (nSPS) is 14.4. The number of hydrogen-bond donors (Lipinski definition) is 0. The second-order valence-corrected chi connectivity index (χ2v) is 8.24. The van der Waals surface area contributed by atoms with Gasteiger partial charge in [-0.05, 0) is 49.2 Å². The average molecular weight is 470 g/mol. The van der Waals surface area contributed by atoms with E-state index in [0.717, 1.165) is 24.1 Å². The summed E-state index contributed by atoms with van der Waals surface area (Å²) in [7, 11) is 0. The number of hydrogen-bond acceptors (Lipinski definition) is 3. The molecule has 0 atom stereocenters. The Kier molecular flexibility index (Phi) is 6.45. The third kappa shape index (κ3) is 4.69. The van der Waals surface area contributed by atoms with Gasteiger partial charge in [-0.25, -0.2) is 4.68 Å². The molecule has 6 nitrogen and oxygen atoms in total. The monoisotopic (exact) mass is 470 g/mol. The van der Waals surface area contributed by atoms with E-state index in [9.17, 15) is 22.8 Å². The lowest BCUT2D eigenvalue weighted by Gasteiger charge is -2.34. The first-order valence-corrected chi connectivity index (χ1v) is 11.1. The van der Waals surface area contributed by atoms with Crippen molar-refractivity contribution >= 4 is 11.8 Å². The Morgan fingerprint density at radius 3 is 2.15 bits per heavy atom. The van der Waals surface area contributed by atoms with Gasteiger partial charge < -0.3 is 9.80 Å². The van der Waals surface area contributed by atoms with Gasteiger partial charge in [-0.2, -0.15) is 18.3 Å². The predicted octanol–water partition coefficient (Wildman–Crippen LogP) is 4.36. The Morgan fingerprint density at radius 1 is 0.941 bits per heavy atom. The highest BCUT2D eigenvalue weighted by atomic mass is 19.4. The number of benzene rings is 2. The first kappa shape index (κ1) is 23.5. The van der Waals surface area contributed by atoms with E-state index < -0.39 is 11.7 Å². The van der Waals surface area contributed by atoms with Gasteiger partial charge in [0.25, 0.3) is 11.8 Å². The molecule has 4 rings (SSSR count). The third-order valence-corrected chi connectivity index (χ3v) is 6.12. The molecule has 1 aromatic heterocycles. The molecule has 2 heterocycles. The molecule has 2 aromatic carbocycles. The van der Waals surface area contributed by atoms with Gasteiger partial charge in [0.15, 0.2) is 0 Å². The molecule has 0 spiro atoms. The van der Waals surface area contributed by atoms with E-state index in [-0.39, 0.29) is 17.5 Å². The van der Waals surface area contributed by atoms with Crippen molar-refractivity contribution in [2.45, 2.75) is 26.4 Å². The van der Waals surface area contributed by atoms with Crippen LogP contribution in [0.3, 0.4) is 0 Å². The standard InChI is InChI=1S/C25H25F3N4O2/c1-3-18-7-9-19(10-8-18)23(33)30-11-13-31(14-12-30)24(34)22-16-29-32(17(22)2)21-6-4-5-20(15-21)25(26,27)28/h4-10,15-16H,3,11-14H2,1-2H3. The molecule has 1 aliphatic heterocycles. The Balaban J connectivity index is 1.44. The zero-order valence-corrected chi connectivity index (χ0v) is 19.0. The van der Waals surface area contributed by atoms with Crippen LogP contribution in [0.5, 0.6) is 0 Å². The van der Waals surface area contributed by atoms with Crippen LogP contribution in [0.4, 0.5) is 13.2 Å². The van der Waals surface area contributed by atoms with Gasteiger partial charge in [-0.3, -0.25) is 9.59 Å². The van der Waals surface area contributed by atoms with Crippen molar-refractivity contribution in [1.82, 2.24) is 19.6 Å². The van der Waals surface area contributed by atoms with Crippen LogP contribution in [-0.4, -0.2) is 57.6 Å². The number of aromatic nitrogens is 2. The van der Waals surface area contributed by atoms with Gasteiger partial charge in [-0.15, -0.1) is 0 Å². The quantitative estimate of drug-likeness (QED) is 0.569. The van der Waals surface area contributed by atoms with E-state index >= 15 is 0 Å². The number of piperazine rings is 1. The fourth-order valence-corrected chi connectivity index (χ4v) is 4.04. The van der Waals surface area contributed by atoms with Crippen LogP contribution < -0.4 is 0 Å². The summed E-state index contributed by atoms with van der Waals surface area (Å²) in [4.78, 5) is 29.3. The number of amides is 2. The smallest absolute Gasteiger partial charge is 0.335 e. The fourth-order valence-electron chi connectivity index (χ4n) is 4.04. The minimum absolute atomic E-state index is 0.0664. The molecule has 0 N–H and O–H groups in total. The van der Waals surface area contributed by atoms with Crippen molar-refractivity contribution in [3.05, 3.63) is 82.7 Å². The lowest BCUT2D eigenvalue weighted by molar-refractivity contribution is -0.137. The van der Waals surface area contributed by atoms with E-state index in [1.807, 2.05) is 24.3 Å². The minimum Gasteiger partial charge on any atom is -0.335 e. The van der Waals surface area contributed by atoms with Crippen molar-refractivity contribution in [3.8, 4) is 5.69 Å². The van der Waals surface area contributed by atoms with Gasteiger partial charge >= 0.3 is 6.18 Å². The minimum atomic E-state index is -4.47. The highest BCUT2D eigenvalue weighted by Gasteiger charge is 2.31. The van der Waals surface area contributed by atoms with E-state index in [0.29, 0.717) is 43.0 Å². The van der Waals surface area contributed by atoms with Crippen LogP contribution >= 0.6 is 0 Å². The van der Waals surface area contributed by atoms with Crippen molar-refractivity contribution in [3.63, 3.8) is 0 Å². The van der Waals surface area contributed by atoms with Crippen molar-refractivity contribution in [1.29, 1.82) is 0 Å². The summed E-state index contributed by atoms with van der Waals surface area (Å²) in [6, 6.07) is 12.4. The number of halogens is 3. The molecule has 3 aromatic rings. The maximum atomic E-state index is 13.1. The van der Waals surface area contributed by atoms with E-state index in [1.54, 1.807) is 16.7 Å². The molecular weight excluding hydrogens is 445 g/mol. The number of alkyl halides is 3. The number of carbonyl (C=O) groups excluding carboxylic acids is 2. The molecule has 1 saturated heterocycles. The molecule has 0 saturated carbocycles. The molecule has 0 unspecified atom stereocenters.